The fourth-order valence-electron chi connectivity index (χ4n) is 2.03. The van der Waals surface area contributed by atoms with Gasteiger partial charge in [0.1, 0.15) is 0 Å². The number of para-hydroxylation sites is 1. The van der Waals surface area contributed by atoms with Crippen molar-refractivity contribution in [2.24, 2.45) is 0 Å². The van der Waals surface area contributed by atoms with Gasteiger partial charge in [0.05, 0.1) is 0 Å². The molecule has 0 heterocycles. The van der Waals surface area contributed by atoms with Crippen molar-refractivity contribution in [1.82, 2.24) is 5.32 Å². The van der Waals surface area contributed by atoms with Gasteiger partial charge in [-0.25, -0.2) is 0 Å². The predicted octanol–water partition coefficient (Wildman–Crippen LogP) is 3.01. The Kier molecular flexibility index (Phi) is 5.55. The van der Waals surface area contributed by atoms with Crippen LogP contribution >= 0.6 is 11.6 Å². The van der Waals surface area contributed by atoms with Gasteiger partial charge in [-0.15, -0.1) is 0 Å². The van der Waals surface area contributed by atoms with Gasteiger partial charge < -0.3 is 10.2 Å². The van der Waals surface area contributed by atoms with Gasteiger partial charge in [-0.05, 0) is 36.8 Å². The van der Waals surface area contributed by atoms with Crippen molar-refractivity contribution in [1.29, 1.82) is 0 Å². The molecule has 0 bridgehead atoms. The van der Waals surface area contributed by atoms with Gasteiger partial charge in [0, 0.05) is 23.8 Å². The number of amides is 2. The molecule has 0 atom stereocenters. The fraction of sp³-hybridized carbons (Fsp3) is 0.176. The zero-order chi connectivity index (χ0) is 15.9. The molecular formula is C17H17ClN2O2. The van der Waals surface area contributed by atoms with E-state index in [0.717, 1.165) is 5.56 Å². The van der Waals surface area contributed by atoms with E-state index >= 15 is 0 Å². The topological polar surface area (TPSA) is 49.4 Å². The number of rotatable bonds is 4. The van der Waals surface area contributed by atoms with Gasteiger partial charge in [-0.2, -0.15) is 0 Å². The van der Waals surface area contributed by atoms with Crippen LogP contribution in [-0.2, 0) is 16.1 Å². The van der Waals surface area contributed by atoms with E-state index in [1.165, 1.54) is 4.90 Å². The summed E-state index contributed by atoms with van der Waals surface area (Å²) in [5, 5.41) is 3.26. The Bertz CT molecular complexity index is 641. The van der Waals surface area contributed by atoms with E-state index in [4.69, 9.17) is 11.6 Å². The number of hydrogen-bond acceptors (Lipinski definition) is 2. The van der Waals surface area contributed by atoms with Gasteiger partial charge in [0.15, 0.2) is 0 Å². The monoisotopic (exact) mass is 316 g/mol. The molecule has 0 spiro atoms. The minimum atomic E-state index is -0.624. The van der Waals surface area contributed by atoms with Crippen molar-refractivity contribution in [2.45, 2.75) is 13.5 Å². The molecule has 0 aromatic heterocycles. The molecule has 0 aliphatic rings. The van der Waals surface area contributed by atoms with Crippen LogP contribution in [0.5, 0.6) is 0 Å². The molecule has 0 unspecified atom stereocenters. The molecule has 4 nitrogen and oxygen atoms in total. The molecule has 5 heteroatoms. The normalized spacial score (nSPS) is 10.1. The van der Waals surface area contributed by atoms with Crippen LogP contribution in [0.3, 0.4) is 0 Å². The zero-order valence-electron chi connectivity index (χ0n) is 12.3. The summed E-state index contributed by atoms with van der Waals surface area (Å²) < 4.78 is 0. The third kappa shape index (κ3) is 4.09. The highest BCUT2D eigenvalue weighted by Gasteiger charge is 2.21. The highest BCUT2D eigenvalue weighted by atomic mass is 35.5. The Morgan fingerprint density at radius 3 is 2.27 bits per heavy atom. The van der Waals surface area contributed by atoms with Gasteiger partial charge in [0.25, 0.3) is 0 Å². The first-order chi connectivity index (χ1) is 10.6. The number of likely N-dealkylation sites (N-methyl/N-ethyl adjacent to an activating group) is 1. The summed E-state index contributed by atoms with van der Waals surface area (Å²) in [7, 11) is 0. The molecule has 0 aliphatic heterocycles. The number of nitrogens with zero attached hydrogens (tertiary/aromatic N) is 1. The lowest BCUT2D eigenvalue weighted by Crippen LogP contribution is -2.42. The summed E-state index contributed by atoms with van der Waals surface area (Å²) in [5.41, 5.74) is 1.59. The van der Waals surface area contributed by atoms with Crippen LogP contribution < -0.4 is 10.2 Å². The summed E-state index contributed by atoms with van der Waals surface area (Å²) in [6.45, 7) is 2.54. The largest absolute Gasteiger partial charge is 0.344 e. The summed E-state index contributed by atoms with van der Waals surface area (Å²) in [5.74, 6) is -1.19. The molecule has 1 N–H and O–H groups in total. The van der Waals surface area contributed by atoms with Crippen LogP contribution in [0, 0.1) is 0 Å². The minimum Gasteiger partial charge on any atom is -0.344 e. The Balaban J connectivity index is 1.99. The van der Waals surface area contributed by atoms with Crippen LogP contribution in [-0.4, -0.2) is 18.4 Å². The second-order valence-corrected chi connectivity index (χ2v) is 5.13. The number of halogens is 1. The number of anilines is 1. The summed E-state index contributed by atoms with van der Waals surface area (Å²) in [6, 6.07) is 16.2. The second-order valence-electron chi connectivity index (χ2n) is 4.69. The Morgan fingerprint density at radius 1 is 1.05 bits per heavy atom. The van der Waals surface area contributed by atoms with Crippen molar-refractivity contribution in [3.05, 3.63) is 65.2 Å². The lowest BCUT2D eigenvalue weighted by molar-refractivity contribution is -0.137. The van der Waals surface area contributed by atoms with Crippen molar-refractivity contribution in [3.8, 4) is 0 Å². The molecule has 22 heavy (non-hydrogen) atoms. The fourth-order valence-corrected chi connectivity index (χ4v) is 2.16. The molecule has 0 fully saturated rings. The molecule has 0 radical (unpaired) electrons. The maximum Gasteiger partial charge on any atom is 0.316 e. The molecule has 2 rings (SSSR count). The van der Waals surface area contributed by atoms with E-state index in [1.54, 1.807) is 24.3 Å². The van der Waals surface area contributed by atoms with E-state index in [0.29, 0.717) is 17.3 Å². The van der Waals surface area contributed by atoms with Crippen LogP contribution in [0.15, 0.2) is 54.6 Å². The van der Waals surface area contributed by atoms with Crippen LogP contribution in [0.25, 0.3) is 0 Å². The van der Waals surface area contributed by atoms with E-state index in [9.17, 15) is 9.59 Å². The smallest absolute Gasteiger partial charge is 0.316 e. The second kappa shape index (κ2) is 7.61. The SMILES string of the molecule is CCN(C(=O)C(=O)NCc1ccc(Cl)cc1)c1ccccc1. The van der Waals surface area contributed by atoms with Gasteiger partial charge in [0.2, 0.25) is 0 Å². The average molecular weight is 317 g/mol. The highest BCUT2D eigenvalue weighted by molar-refractivity contribution is 6.40. The summed E-state index contributed by atoms with van der Waals surface area (Å²) in [4.78, 5) is 25.7. The third-order valence-corrected chi connectivity index (χ3v) is 3.44. The summed E-state index contributed by atoms with van der Waals surface area (Å²) in [6.07, 6.45) is 0. The molecule has 114 valence electrons. The Hall–Kier alpha value is -2.33. The Labute approximate surface area is 134 Å². The van der Waals surface area contributed by atoms with Gasteiger partial charge in [-0.3, -0.25) is 9.59 Å². The highest BCUT2D eigenvalue weighted by Crippen LogP contribution is 2.13. The molecule has 2 aromatic rings. The van der Waals surface area contributed by atoms with E-state index < -0.39 is 11.8 Å². The number of hydrogen-bond donors (Lipinski definition) is 1. The van der Waals surface area contributed by atoms with Gasteiger partial charge >= 0.3 is 11.8 Å². The maximum absolute atomic E-state index is 12.2. The van der Waals surface area contributed by atoms with Crippen molar-refractivity contribution < 1.29 is 9.59 Å². The van der Waals surface area contributed by atoms with E-state index in [-0.39, 0.29) is 6.54 Å². The van der Waals surface area contributed by atoms with E-state index in [2.05, 4.69) is 5.32 Å². The Morgan fingerprint density at radius 2 is 1.68 bits per heavy atom. The number of nitrogens with one attached hydrogen (secondary N) is 1. The molecule has 0 saturated heterocycles. The zero-order valence-corrected chi connectivity index (χ0v) is 13.0. The maximum atomic E-state index is 12.2. The van der Waals surface area contributed by atoms with Crippen LogP contribution in [0.1, 0.15) is 12.5 Å². The lowest BCUT2D eigenvalue weighted by atomic mass is 10.2. The average Bonchev–Trinajstić information content (AvgIpc) is 2.55. The first-order valence-electron chi connectivity index (χ1n) is 7.01. The lowest BCUT2D eigenvalue weighted by Gasteiger charge is -2.20. The standard InChI is InChI=1S/C17H17ClN2O2/c1-2-20(15-6-4-3-5-7-15)17(22)16(21)19-12-13-8-10-14(18)11-9-13/h3-11H,2,12H2,1H3,(H,19,21). The number of carbonyl (C=O) groups excluding carboxylic acids is 2. The quantitative estimate of drug-likeness (QED) is 0.882. The van der Waals surface area contributed by atoms with Crippen molar-refractivity contribution in [2.75, 3.05) is 11.4 Å². The van der Waals surface area contributed by atoms with E-state index in [1.807, 2.05) is 37.3 Å². The van der Waals surface area contributed by atoms with Crippen LogP contribution in [0.2, 0.25) is 5.02 Å². The minimum absolute atomic E-state index is 0.286. The molecule has 0 aliphatic carbocycles. The number of benzene rings is 2. The molecule has 2 aromatic carbocycles. The van der Waals surface area contributed by atoms with Crippen LogP contribution in [0.4, 0.5) is 5.69 Å². The van der Waals surface area contributed by atoms with Gasteiger partial charge in [-0.1, -0.05) is 41.9 Å². The molecule has 2 amide bonds. The first-order valence-corrected chi connectivity index (χ1v) is 7.38. The summed E-state index contributed by atoms with van der Waals surface area (Å²) >= 11 is 5.80. The number of carbonyl (C=O) groups is 2. The first kappa shape index (κ1) is 16.0. The third-order valence-electron chi connectivity index (χ3n) is 3.19. The molecule has 0 saturated carbocycles. The van der Waals surface area contributed by atoms with Crippen molar-refractivity contribution >= 4 is 29.1 Å². The molecular weight excluding hydrogens is 300 g/mol. The van der Waals surface area contributed by atoms with Crippen molar-refractivity contribution in [3.63, 3.8) is 0 Å². The predicted molar refractivity (Wildman–Crippen MR) is 87.8 cm³/mol.